The highest BCUT2D eigenvalue weighted by molar-refractivity contribution is 7.11. The van der Waals surface area contributed by atoms with Gasteiger partial charge in [-0.25, -0.2) is 9.97 Å². The molecule has 1 aromatic carbocycles. The largest absolute Gasteiger partial charge is 0.386 e. The molecule has 2 aliphatic rings. The van der Waals surface area contributed by atoms with Crippen LogP contribution in [0.15, 0.2) is 36.8 Å². The fourth-order valence-electron chi connectivity index (χ4n) is 4.22. The third-order valence-corrected chi connectivity index (χ3v) is 6.52. The SMILES string of the molecule is NC(O)c1nc2c(s1)CCC(C1c3ccccc3-c3cncn31)C2O. The van der Waals surface area contributed by atoms with Crippen LogP contribution in [0, 0.1) is 5.92 Å². The zero-order chi connectivity index (χ0) is 17.1. The molecule has 5 rings (SSSR count). The number of imidazole rings is 1. The Kier molecular flexibility index (Phi) is 3.33. The summed E-state index contributed by atoms with van der Waals surface area (Å²) in [5, 5.41) is 21.1. The summed E-state index contributed by atoms with van der Waals surface area (Å²) >= 11 is 1.40. The lowest BCUT2D eigenvalue weighted by Gasteiger charge is -2.33. The molecule has 3 aromatic rings. The molecule has 0 fully saturated rings. The summed E-state index contributed by atoms with van der Waals surface area (Å²) in [7, 11) is 0. The van der Waals surface area contributed by atoms with Crippen molar-refractivity contribution in [2.45, 2.75) is 31.2 Å². The maximum Gasteiger partial charge on any atom is 0.155 e. The van der Waals surface area contributed by atoms with Crippen molar-refractivity contribution in [3.8, 4) is 11.3 Å². The molecule has 0 amide bonds. The summed E-state index contributed by atoms with van der Waals surface area (Å²) in [6, 6.07) is 8.35. The molecule has 1 aliphatic heterocycles. The Bertz CT molecular complexity index is 948. The van der Waals surface area contributed by atoms with E-state index < -0.39 is 12.3 Å². The number of nitrogens with zero attached hydrogens (tertiary/aromatic N) is 3. The van der Waals surface area contributed by atoms with Crippen molar-refractivity contribution >= 4 is 11.3 Å². The number of thiazole rings is 1. The Labute approximate surface area is 148 Å². The van der Waals surface area contributed by atoms with Crippen LogP contribution in [-0.4, -0.2) is 24.7 Å². The summed E-state index contributed by atoms with van der Waals surface area (Å²) in [4.78, 5) is 9.75. The van der Waals surface area contributed by atoms with Crippen LogP contribution in [0.4, 0.5) is 0 Å². The Morgan fingerprint density at radius 2 is 2.16 bits per heavy atom. The second-order valence-corrected chi connectivity index (χ2v) is 7.79. The van der Waals surface area contributed by atoms with Crippen LogP contribution < -0.4 is 5.73 Å². The van der Waals surface area contributed by atoms with Crippen LogP contribution >= 0.6 is 11.3 Å². The van der Waals surface area contributed by atoms with Gasteiger partial charge in [-0.2, -0.15) is 0 Å². The third-order valence-electron chi connectivity index (χ3n) is 5.31. The molecule has 128 valence electrons. The zero-order valence-electron chi connectivity index (χ0n) is 13.4. The van der Waals surface area contributed by atoms with E-state index in [-0.39, 0.29) is 12.0 Å². The predicted octanol–water partition coefficient (Wildman–Crippen LogP) is 2.16. The van der Waals surface area contributed by atoms with Gasteiger partial charge in [0.25, 0.3) is 0 Å². The molecule has 25 heavy (non-hydrogen) atoms. The van der Waals surface area contributed by atoms with E-state index in [1.165, 1.54) is 22.5 Å². The first-order valence-electron chi connectivity index (χ1n) is 8.37. The van der Waals surface area contributed by atoms with Crippen molar-refractivity contribution in [2.24, 2.45) is 11.7 Å². The number of nitrogens with two attached hydrogens (primary N) is 1. The number of hydrogen-bond acceptors (Lipinski definition) is 6. The van der Waals surface area contributed by atoms with Gasteiger partial charge in [0, 0.05) is 16.4 Å². The van der Waals surface area contributed by atoms with E-state index in [2.05, 4.69) is 26.7 Å². The number of hydrogen-bond donors (Lipinski definition) is 3. The number of fused-ring (bicyclic) bond motifs is 4. The monoisotopic (exact) mass is 354 g/mol. The standard InChI is InChI=1S/C18H18N4O2S/c19-17(24)18-21-14-13(25-18)6-5-11(16(14)23)15-10-4-2-1-3-9(10)12-7-20-8-22(12)15/h1-4,7-8,11,15-17,23-24H,5-6,19H2. The molecule has 4 atom stereocenters. The minimum Gasteiger partial charge on any atom is -0.386 e. The van der Waals surface area contributed by atoms with E-state index in [4.69, 9.17) is 5.73 Å². The fraction of sp³-hybridized carbons (Fsp3) is 0.333. The second kappa shape index (κ2) is 5.47. The zero-order valence-corrected chi connectivity index (χ0v) is 14.2. The van der Waals surface area contributed by atoms with Crippen molar-refractivity contribution in [2.75, 3.05) is 0 Å². The molecule has 0 saturated carbocycles. The van der Waals surface area contributed by atoms with Crippen LogP contribution in [-0.2, 0) is 6.42 Å². The maximum absolute atomic E-state index is 11.1. The smallest absolute Gasteiger partial charge is 0.155 e. The molecule has 0 bridgehead atoms. The Morgan fingerprint density at radius 3 is 3.00 bits per heavy atom. The molecule has 0 spiro atoms. The Morgan fingerprint density at radius 1 is 1.32 bits per heavy atom. The quantitative estimate of drug-likeness (QED) is 0.613. The maximum atomic E-state index is 11.1. The molecule has 7 heteroatoms. The van der Waals surface area contributed by atoms with E-state index in [9.17, 15) is 10.2 Å². The lowest BCUT2D eigenvalue weighted by Crippen LogP contribution is -2.28. The van der Waals surface area contributed by atoms with Crippen molar-refractivity contribution in [3.05, 3.63) is 57.9 Å². The molecule has 6 nitrogen and oxygen atoms in total. The van der Waals surface area contributed by atoms with Crippen LogP contribution in [0.1, 0.15) is 45.9 Å². The predicted molar refractivity (Wildman–Crippen MR) is 93.8 cm³/mol. The van der Waals surface area contributed by atoms with E-state index >= 15 is 0 Å². The van der Waals surface area contributed by atoms with Crippen LogP contribution in [0.3, 0.4) is 0 Å². The number of aliphatic hydroxyl groups is 2. The first kappa shape index (κ1) is 15.2. The van der Waals surface area contributed by atoms with Gasteiger partial charge in [-0.05, 0) is 18.4 Å². The summed E-state index contributed by atoms with van der Waals surface area (Å²) in [5.41, 5.74) is 9.72. The van der Waals surface area contributed by atoms with Gasteiger partial charge in [0.05, 0.1) is 30.0 Å². The van der Waals surface area contributed by atoms with Gasteiger partial charge in [0.1, 0.15) is 11.1 Å². The second-order valence-electron chi connectivity index (χ2n) is 6.67. The fourth-order valence-corrected chi connectivity index (χ4v) is 5.23. The van der Waals surface area contributed by atoms with E-state index in [1.54, 1.807) is 0 Å². The summed E-state index contributed by atoms with van der Waals surface area (Å²) in [6.07, 6.45) is 3.65. The average molecular weight is 354 g/mol. The molecule has 0 radical (unpaired) electrons. The third kappa shape index (κ3) is 2.13. The lowest BCUT2D eigenvalue weighted by molar-refractivity contribution is 0.0687. The number of aliphatic hydroxyl groups excluding tert-OH is 2. The highest BCUT2D eigenvalue weighted by Gasteiger charge is 2.42. The van der Waals surface area contributed by atoms with E-state index in [0.717, 1.165) is 23.4 Å². The number of aryl methyl sites for hydroxylation is 1. The topological polar surface area (TPSA) is 97.2 Å². The van der Waals surface area contributed by atoms with Crippen molar-refractivity contribution in [3.63, 3.8) is 0 Å². The van der Waals surface area contributed by atoms with Crippen molar-refractivity contribution in [1.29, 1.82) is 0 Å². The Hall–Kier alpha value is -2.06. The molecule has 4 N–H and O–H groups in total. The molecular formula is C18H18N4O2S. The number of benzene rings is 1. The van der Waals surface area contributed by atoms with Gasteiger partial charge in [-0.15, -0.1) is 11.3 Å². The highest BCUT2D eigenvalue weighted by atomic mass is 32.1. The first-order chi connectivity index (χ1) is 12.1. The molecular weight excluding hydrogens is 336 g/mol. The normalized spacial score (nSPS) is 25.3. The highest BCUT2D eigenvalue weighted by Crippen LogP contribution is 2.50. The van der Waals surface area contributed by atoms with Crippen molar-refractivity contribution < 1.29 is 10.2 Å². The van der Waals surface area contributed by atoms with E-state index in [0.29, 0.717) is 10.7 Å². The average Bonchev–Trinajstić information content (AvgIpc) is 3.29. The van der Waals surface area contributed by atoms with Gasteiger partial charge in [0.2, 0.25) is 0 Å². The van der Waals surface area contributed by atoms with Gasteiger partial charge in [0.15, 0.2) is 6.23 Å². The molecule has 3 heterocycles. The van der Waals surface area contributed by atoms with Crippen molar-refractivity contribution in [1.82, 2.24) is 14.5 Å². The van der Waals surface area contributed by atoms with E-state index in [1.807, 2.05) is 24.7 Å². The minimum atomic E-state index is -1.09. The van der Waals surface area contributed by atoms with Gasteiger partial charge >= 0.3 is 0 Å². The first-order valence-corrected chi connectivity index (χ1v) is 9.19. The molecule has 2 aromatic heterocycles. The molecule has 0 saturated heterocycles. The lowest BCUT2D eigenvalue weighted by atomic mass is 9.80. The van der Waals surface area contributed by atoms with Crippen LogP contribution in [0.25, 0.3) is 11.3 Å². The van der Waals surface area contributed by atoms with Gasteiger partial charge in [-0.1, -0.05) is 24.3 Å². The van der Waals surface area contributed by atoms with Gasteiger partial charge < -0.3 is 20.5 Å². The van der Waals surface area contributed by atoms with Crippen LogP contribution in [0.2, 0.25) is 0 Å². The summed E-state index contributed by atoms with van der Waals surface area (Å²) in [6.45, 7) is 0. The Balaban J connectivity index is 1.58. The van der Waals surface area contributed by atoms with Crippen LogP contribution in [0.5, 0.6) is 0 Å². The summed E-state index contributed by atoms with van der Waals surface area (Å²) < 4.78 is 2.16. The number of rotatable bonds is 2. The van der Waals surface area contributed by atoms with Gasteiger partial charge in [-0.3, -0.25) is 0 Å². The minimum absolute atomic E-state index is 0.00830. The molecule has 1 aliphatic carbocycles. The summed E-state index contributed by atoms with van der Waals surface area (Å²) in [5.74, 6) is 0.00830. The number of aromatic nitrogens is 3. The molecule has 4 unspecified atom stereocenters.